The van der Waals surface area contributed by atoms with Crippen LogP contribution in [0.25, 0.3) is 0 Å². The summed E-state index contributed by atoms with van der Waals surface area (Å²) in [5, 5.41) is 3.08. The smallest absolute Gasteiger partial charge is 0.227 e. The molecule has 0 aromatic carbocycles. The van der Waals surface area contributed by atoms with E-state index in [0.29, 0.717) is 12.6 Å². The van der Waals surface area contributed by atoms with E-state index in [1.54, 1.807) is 0 Å². The van der Waals surface area contributed by atoms with Gasteiger partial charge in [-0.2, -0.15) is 0 Å². The van der Waals surface area contributed by atoms with Crippen molar-refractivity contribution in [3.8, 4) is 0 Å². The number of nitrogens with one attached hydrogen (secondary N) is 1. The van der Waals surface area contributed by atoms with Crippen molar-refractivity contribution in [3.63, 3.8) is 0 Å². The van der Waals surface area contributed by atoms with Crippen molar-refractivity contribution in [3.05, 3.63) is 0 Å². The standard InChI is InChI=1S/C11H23N3O/c1-11(2,8-12)10(15)13-9-4-6-14(3)7-5-9/h9H,4-8,12H2,1-3H3,(H,13,15). The number of carbonyl (C=O) groups is 1. The van der Waals surface area contributed by atoms with E-state index in [0.717, 1.165) is 25.9 Å². The minimum Gasteiger partial charge on any atom is -0.353 e. The highest BCUT2D eigenvalue weighted by molar-refractivity contribution is 5.82. The Morgan fingerprint density at radius 1 is 1.47 bits per heavy atom. The molecule has 0 aromatic rings. The number of likely N-dealkylation sites (tertiary alicyclic amines) is 1. The number of piperidine rings is 1. The van der Waals surface area contributed by atoms with E-state index in [1.807, 2.05) is 13.8 Å². The summed E-state index contributed by atoms with van der Waals surface area (Å²) in [6.45, 7) is 6.29. The van der Waals surface area contributed by atoms with Crippen molar-refractivity contribution >= 4 is 5.91 Å². The fraction of sp³-hybridized carbons (Fsp3) is 0.909. The minimum absolute atomic E-state index is 0.0829. The average molecular weight is 213 g/mol. The topological polar surface area (TPSA) is 58.4 Å². The summed E-state index contributed by atoms with van der Waals surface area (Å²) in [4.78, 5) is 14.1. The third kappa shape index (κ3) is 3.47. The van der Waals surface area contributed by atoms with Crippen molar-refractivity contribution in [1.29, 1.82) is 0 Å². The normalized spacial score (nSPS) is 20.3. The first-order chi connectivity index (χ1) is 6.95. The molecule has 0 spiro atoms. The molecule has 0 radical (unpaired) electrons. The predicted octanol–water partition coefficient (Wildman–Crippen LogP) is 0.182. The Kier molecular flexibility index (Phi) is 4.11. The first-order valence-corrected chi connectivity index (χ1v) is 5.65. The summed E-state index contributed by atoms with van der Waals surface area (Å²) >= 11 is 0. The quantitative estimate of drug-likeness (QED) is 0.703. The van der Waals surface area contributed by atoms with Crippen molar-refractivity contribution in [1.82, 2.24) is 10.2 Å². The summed E-state index contributed by atoms with van der Waals surface area (Å²) in [5.74, 6) is 0.0829. The number of nitrogens with zero attached hydrogens (tertiary/aromatic N) is 1. The molecule has 88 valence electrons. The van der Waals surface area contributed by atoms with Crippen LogP contribution in [-0.4, -0.2) is 43.5 Å². The lowest BCUT2D eigenvalue weighted by Crippen LogP contribution is -2.49. The molecule has 1 fully saturated rings. The maximum Gasteiger partial charge on any atom is 0.227 e. The third-order valence-electron chi connectivity index (χ3n) is 3.18. The van der Waals surface area contributed by atoms with Gasteiger partial charge in [0.1, 0.15) is 0 Å². The predicted molar refractivity (Wildman–Crippen MR) is 61.5 cm³/mol. The molecule has 0 atom stereocenters. The summed E-state index contributed by atoms with van der Waals surface area (Å²) in [5.41, 5.74) is 5.12. The van der Waals surface area contributed by atoms with Gasteiger partial charge >= 0.3 is 0 Å². The van der Waals surface area contributed by atoms with Crippen molar-refractivity contribution in [2.24, 2.45) is 11.1 Å². The van der Waals surface area contributed by atoms with Gasteiger partial charge in [0.25, 0.3) is 0 Å². The zero-order chi connectivity index (χ0) is 11.5. The van der Waals surface area contributed by atoms with E-state index in [-0.39, 0.29) is 5.91 Å². The van der Waals surface area contributed by atoms with Gasteiger partial charge in [-0.05, 0) is 46.8 Å². The zero-order valence-corrected chi connectivity index (χ0v) is 10.0. The van der Waals surface area contributed by atoms with Crippen LogP contribution in [0.15, 0.2) is 0 Å². The first-order valence-electron chi connectivity index (χ1n) is 5.65. The Balaban J connectivity index is 2.39. The molecule has 3 N–H and O–H groups in total. The monoisotopic (exact) mass is 213 g/mol. The van der Waals surface area contributed by atoms with Gasteiger partial charge < -0.3 is 16.0 Å². The van der Waals surface area contributed by atoms with Gasteiger partial charge in [0.15, 0.2) is 0 Å². The molecule has 0 aromatic heterocycles. The van der Waals surface area contributed by atoms with Crippen LogP contribution < -0.4 is 11.1 Å². The van der Waals surface area contributed by atoms with Gasteiger partial charge in [-0.25, -0.2) is 0 Å². The summed E-state index contributed by atoms with van der Waals surface area (Å²) in [7, 11) is 2.11. The van der Waals surface area contributed by atoms with Crippen LogP contribution in [0.1, 0.15) is 26.7 Å². The summed E-state index contributed by atoms with van der Waals surface area (Å²) < 4.78 is 0. The van der Waals surface area contributed by atoms with Crippen LogP contribution in [0.3, 0.4) is 0 Å². The van der Waals surface area contributed by atoms with Crippen LogP contribution in [0, 0.1) is 5.41 Å². The summed E-state index contributed by atoms with van der Waals surface area (Å²) in [6, 6.07) is 0.333. The molecule has 0 unspecified atom stereocenters. The molecule has 4 nitrogen and oxygen atoms in total. The van der Waals surface area contributed by atoms with Crippen molar-refractivity contribution < 1.29 is 4.79 Å². The lowest BCUT2D eigenvalue weighted by molar-refractivity contribution is -0.129. The van der Waals surface area contributed by atoms with Crippen molar-refractivity contribution in [2.75, 3.05) is 26.7 Å². The van der Waals surface area contributed by atoms with Gasteiger partial charge in [-0.3, -0.25) is 4.79 Å². The fourth-order valence-corrected chi connectivity index (χ4v) is 1.63. The lowest BCUT2D eigenvalue weighted by atomic mass is 9.91. The molecule has 1 heterocycles. The fourth-order valence-electron chi connectivity index (χ4n) is 1.63. The molecule has 1 rings (SSSR count). The van der Waals surface area contributed by atoms with Gasteiger partial charge in [-0.15, -0.1) is 0 Å². The zero-order valence-electron chi connectivity index (χ0n) is 10.0. The molecule has 1 amide bonds. The number of hydrogen-bond acceptors (Lipinski definition) is 3. The Morgan fingerprint density at radius 2 is 2.00 bits per heavy atom. The van der Waals surface area contributed by atoms with Crippen LogP contribution in [0.5, 0.6) is 0 Å². The van der Waals surface area contributed by atoms with Crippen LogP contribution in [-0.2, 0) is 4.79 Å². The number of hydrogen-bond donors (Lipinski definition) is 2. The average Bonchev–Trinajstić information content (AvgIpc) is 2.21. The number of amides is 1. The molecular weight excluding hydrogens is 190 g/mol. The van der Waals surface area contributed by atoms with E-state index in [1.165, 1.54) is 0 Å². The third-order valence-corrected chi connectivity index (χ3v) is 3.18. The van der Waals surface area contributed by atoms with E-state index in [9.17, 15) is 4.79 Å². The largest absolute Gasteiger partial charge is 0.353 e. The van der Waals surface area contributed by atoms with Gasteiger partial charge in [0, 0.05) is 12.6 Å². The van der Waals surface area contributed by atoms with E-state index in [2.05, 4.69) is 17.3 Å². The molecule has 0 saturated carbocycles. The second-order valence-corrected chi connectivity index (χ2v) is 5.14. The van der Waals surface area contributed by atoms with Gasteiger partial charge in [-0.1, -0.05) is 0 Å². The second-order valence-electron chi connectivity index (χ2n) is 5.14. The van der Waals surface area contributed by atoms with Crippen LogP contribution >= 0.6 is 0 Å². The maximum atomic E-state index is 11.8. The second kappa shape index (κ2) is 4.94. The minimum atomic E-state index is -0.441. The van der Waals surface area contributed by atoms with Crippen LogP contribution in [0.4, 0.5) is 0 Å². The van der Waals surface area contributed by atoms with E-state index >= 15 is 0 Å². The molecule has 0 aliphatic carbocycles. The Morgan fingerprint density at radius 3 is 2.47 bits per heavy atom. The molecule has 1 saturated heterocycles. The number of rotatable bonds is 3. The molecule has 1 aliphatic rings. The molecule has 0 bridgehead atoms. The van der Waals surface area contributed by atoms with E-state index in [4.69, 9.17) is 5.73 Å². The Hall–Kier alpha value is -0.610. The highest BCUT2D eigenvalue weighted by Gasteiger charge is 2.28. The lowest BCUT2D eigenvalue weighted by Gasteiger charge is -2.32. The van der Waals surface area contributed by atoms with Crippen molar-refractivity contribution in [2.45, 2.75) is 32.7 Å². The SMILES string of the molecule is CN1CCC(NC(=O)C(C)(C)CN)CC1. The molecule has 4 heteroatoms. The number of nitrogens with two attached hydrogens (primary N) is 1. The molecular formula is C11H23N3O. The highest BCUT2D eigenvalue weighted by Crippen LogP contribution is 2.15. The molecule has 1 aliphatic heterocycles. The van der Waals surface area contributed by atoms with Gasteiger partial charge in [0.2, 0.25) is 5.91 Å². The first kappa shape index (κ1) is 12.5. The summed E-state index contributed by atoms with van der Waals surface area (Å²) in [6.07, 6.45) is 2.09. The highest BCUT2D eigenvalue weighted by atomic mass is 16.2. The van der Waals surface area contributed by atoms with E-state index < -0.39 is 5.41 Å². The Labute approximate surface area is 92.2 Å². The maximum absolute atomic E-state index is 11.8. The Bertz CT molecular complexity index is 220. The van der Waals surface area contributed by atoms with Crippen LogP contribution in [0.2, 0.25) is 0 Å². The van der Waals surface area contributed by atoms with Gasteiger partial charge in [0.05, 0.1) is 5.41 Å². The molecule has 15 heavy (non-hydrogen) atoms. The number of carbonyl (C=O) groups excluding carboxylic acids is 1.